The van der Waals surface area contributed by atoms with E-state index in [4.69, 9.17) is 9.47 Å². The smallest absolute Gasteiger partial charge is 0.342 e. The first kappa shape index (κ1) is 22.5. The minimum atomic E-state index is -0.618. The molecule has 3 aromatic rings. The summed E-state index contributed by atoms with van der Waals surface area (Å²) in [6, 6.07) is 13.4. The van der Waals surface area contributed by atoms with E-state index < -0.39 is 18.5 Å². The molecule has 0 spiro atoms. The average molecular weight is 436 g/mol. The Bertz CT molecular complexity index is 1100. The van der Waals surface area contributed by atoms with Crippen LogP contribution >= 0.6 is 0 Å². The van der Waals surface area contributed by atoms with Crippen LogP contribution in [0.25, 0.3) is 0 Å². The van der Waals surface area contributed by atoms with Crippen LogP contribution in [-0.4, -0.2) is 40.8 Å². The quantitative estimate of drug-likeness (QED) is 0.525. The Morgan fingerprint density at radius 3 is 2.19 bits per heavy atom. The van der Waals surface area contributed by atoms with Crippen LogP contribution in [0.5, 0.6) is 5.75 Å². The van der Waals surface area contributed by atoms with E-state index in [1.54, 1.807) is 67.2 Å². The Morgan fingerprint density at radius 1 is 0.969 bits per heavy atom. The Morgan fingerprint density at radius 2 is 1.59 bits per heavy atom. The van der Waals surface area contributed by atoms with Crippen LogP contribution in [-0.2, 0) is 16.6 Å². The molecule has 3 rings (SSSR count). The van der Waals surface area contributed by atoms with Crippen LogP contribution in [0.3, 0.4) is 0 Å². The molecule has 0 atom stereocenters. The Hall–Kier alpha value is -4.14. The van der Waals surface area contributed by atoms with Gasteiger partial charge in [-0.15, -0.1) is 0 Å². The molecule has 9 heteroatoms. The van der Waals surface area contributed by atoms with E-state index in [9.17, 15) is 14.4 Å². The zero-order valence-corrected chi connectivity index (χ0v) is 18.0. The summed E-state index contributed by atoms with van der Waals surface area (Å²) in [4.78, 5) is 36.5. The van der Waals surface area contributed by atoms with Crippen LogP contribution in [0.2, 0.25) is 0 Å². The number of rotatable bonds is 8. The summed E-state index contributed by atoms with van der Waals surface area (Å²) in [5.74, 6) is -0.668. The highest BCUT2D eigenvalue weighted by molar-refractivity contribution is 6.04. The molecule has 166 valence electrons. The van der Waals surface area contributed by atoms with Gasteiger partial charge in [0.1, 0.15) is 11.3 Å². The number of ether oxygens (including phenoxy) is 2. The van der Waals surface area contributed by atoms with Gasteiger partial charge >= 0.3 is 5.97 Å². The molecule has 2 N–H and O–H groups in total. The zero-order chi connectivity index (χ0) is 23.1. The van der Waals surface area contributed by atoms with Crippen molar-refractivity contribution in [1.29, 1.82) is 0 Å². The first-order chi connectivity index (χ1) is 15.4. The standard InChI is InChI=1S/C23H24N4O5/c1-4-31-19-11-9-18(10-12-19)26-22(29)16-5-7-17(8-6-16)25-21(28)14-32-23(30)20-13-24-27(3)15(20)2/h5-13H,4,14H2,1-3H3,(H,25,28)(H,26,29). The molecule has 0 aliphatic heterocycles. The van der Waals surface area contributed by atoms with Gasteiger partial charge in [0.2, 0.25) is 0 Å². The topological polar surface area (TPSA) is 112 Å². The number of aromatic nitrogens is 2. The third-order valence-electron chi connectivity index (χ3n) is 4.64. The van der Waals surface area contributed by atoms with Crippen molar-refractivity contribution in [3.63, 3.8) is 0 Å². The fourth-order valence-electron chi connectivity index (χ4n) is 2.81. The highest BCUT2D eigenvalue weighted by Gasteiger charge is 2.16. The molecule has 9 nitrogen and oxygen atoms in total. The number of esters is 1. The highest BCUT2D eigenvalue weighted by atomic mass is 16.5. The third-order valence-corrected chi connectivity index (χ3v) is 4.64. The molecular weight excluding hydrogens is 412 g/mol. The third kappa shape index (κ3) is 5.72. The molecule has 0 unspecified atom stereocenters. The fraction of sp³-hybridized carbons (Fsp3) is 0.217. The molecule has 0 saturated carbocycles. The van der Waals surface area contributed by atoms with Crippen molar-refractivity contribution in [2.45, 2.75) is 13.8 Å². The lowest BCUT2D eigenvalue weighted by atomic mass is 10.2. The molecule has 2 amide bonds. The second-order valence-electron chi connectivity index (χ2n) is 6.88. The first-order valence-corrected chi connectivity index (χ1v) is 9.97. The molecule has 0 radical (unpaired) electrons. The fourth-order valence-corrected chi connectivity index (χ4v) is 2.81. The average Bonchev–Trinajstić information content (AvgIpc) is 3.12. The number of nitrogens with one attached hydrogen (secondary N) is 2. The number of amides is 2. The van der Waals surface area contributed by atoms with Gasteiger partial charge < -0.3 is 20.1 Å². The van der Waals surface area contributed by atoms with E-state index in [2.05, 4.69) is 15.7 Å². The lowest BCUT2D eigenvalue weighted by Gasteiger charge is -2.09. The van der Waals surface area contributed by atoms with Crippen molar-refractivity contribution >= 4 is 29.2 Å². The second-order valence-corrected chi connectivity index (χ2v) is 6.88. The van der Waals surface area contributed by atoms with Crippen molar-refractivity contribution in [3.05, 3.63) is 71.5 Å². The van der Waals surface area contributed by atoms with Crippen LogP contribution in [0.4, 0.5) is 11.4 Å². The van der Waals surface area contributed by atoms with Gasteiger partial charge in [-0.3, -0.25) is 14.3 Å². The maximum absolute atomic E-state index is 12.4. The Labute approximate surface area is 185 Å². The second kappa shape index (κ2) is 10.3. The summed E-state index contributed by atoms with van der Waals surface area (Å²) in [5.41, 5.74) is 2.50. The molecule has 0 aliphatic carbocycles. The number of carbonyl (C=O) groups is 3. The normalized spacial score (nSPS) is 10.3. The Kier molecular flexibility index (Phi) is 7.22. The van der Waals surface area contributed by atoms with E-state index in [-0.39, 0.29) is 5.91 Å². The monoisotopic (exact) mass is 436 g/mol. The molecule has 1 aromatic heterocycles. The molecule has 2 aromatic carbocycles. The zero-order valence-electron chi connectivity index (χ0n) is 18.0. The van der Waals surface area contributed by atoms with Crippen molar-refractivity contribution in [2.75, 3.05) is 23.8 Å². The van der Waals surface area contributed by atoms with Gasteiger partial charge in [0, 0.05) is 29.7 Å². The van der Waals surface area contributed by atoms with Crippen molar-refractivity contribution in [3.8, 4) is 5.75 Å². The van der Waals surface area contributed by atoms with Crippen LogP contribution in [0.15, 0.2) is 54.7 Å². The van der Waals surface area contributed by atoms with Gasteiger partial charge in [0.25, 0.3) is 11.8 Å². The molecule has 32 heavy (non-hydrogen) atoms. The largest absolute Gasteiger partial charge is 0.494 e. The predicted molar refractivity (Wildman–Crippen MR) is 119 cm³/mol. The van der Waals surface area contributed by atoms with Gasteiger partial charge in [-0.05, 0) is 62.4 Å². The number of hydrogen-bond donors (Lipinski definition) is 2. The molecule has 0 bridgehead atoms. The number of aryl methyl sites for hydroxylation is 1. The van der Waals surface area contributed by atoms with E-state index >= 15 is 0 Å². The minimum Gasteiger partial charge on any atom is -0.494 e. The van der Waals surface area contributed by atoms with Crippen molar-refractivity contribution in [2.24, 2.45) is 7.05 Å². The van der Waals surface area contributed by atoms with E-state index in [0.29, 0.717) is 34.8 Å². The van der Waals surface area contributed by atoms with Gasteiger partial charge in [0.05, 0.1) is 12.8 Å². The number of nitrogens with zero attached hydrogens (tertiary/aromatic N) is 2. The van der Waals surface area contributed by atoms with Crippen LogP contribution in [0, 0.1) is 6.92 Å². The summed E-state index contributed by atoms with van der Waals surface area (Å²) in [6.45, 7) is 3.77. The van der Waals surface area contributed by atoms with Crippen LogP contribution in [0.1, 0.15) is 33.3 Å². The first-order valence-electron chi connectivity index (χ1n) is 9.97. The molecule has 0 fully saturated rings. The summed E-state index contributed by atoms with van der Waals surface area (Å²) >= 11 is 0. The number of hydrogen-bond acceptors (Lipinski definition) is 6. The van der Waals surface area contributed by atoms with Crippen LogP contribution < -0.4 is 15.4 Å². The predicted octanol–water partition coefficient (Wildman–Crippen LogP) is 3.18. The van der Waals surface area contributed by atoms with Gasteiger partial charge in [-0.1, -0.05) is 0 Å². The molecule has 1 heterocycles. The molecular formula is C23H24N4O5. The highest BCUT2D eigenvalue weighted by Crippen LogP contribution is 2.17. The van der Waals surface area contributed by atoms with Gasteiger partial charge in [0.15, 0.2) is 6.61 Å². The number of anilines is 2. The molecule has 0 saturated heterocycles. The number of carbonyl (C=O) groups excluding carboxylic acids is 3. The van der Waals surface area contributed by atoms with Crippen molar-refractivity contribution in [1.82, 2.24) is 9.78 Å². The summed E-state index contributed by atoms with van der Waals surface area (Å²) in [6.07, 6.45) is 1.40. The lowest BCUT2D eigenvalue weighted by molar-refractivity contribution is -0.119. The van der Waals surface area contributed by atoms with E-state index in [0.717, 1.165) is 5.75 Å². The summed E-state index contributed by atoms with van der Waals surface area (Å²) < 4.78 is 12.0. The number of benzene rings is 2. The van der Waals surface area contributed by atoms with E-state index in [1.807, 2.05) is 6.92 Å². The van der Waals surface area contributed by atoms with Gasteiger partial charge in [-0.25, -0.2) is 4.79 Å². The summed E-state index contributed by atoms with van der Waals surface area (Å²) in [7, 11) is 1.71. The maximum Gasteiger partial charge on any atom is 0.342 e. The summed E-state index contributed by atoms with van der Waals surface area (Å²) in [5, 5.41) is 9.39. The van der Waals surface area contributed by atoms with Gasteiger partial charge in [-0.2, -0.15) is 5.10 Å². The maximum atomic E-state index is 12.4. The SMILES string of the molecule is CCOc1ccc(NC(=O)c2ccc(NC(=O)COC(=O)c3cnn(C)c3C)cc2)cc1. The lowest BCUT2D eigenvalue weighted by Crippen LogP contribution is -2.21. The van der Waals surface area contributed by atoms with E-state index in [1.165, 1.54) is 6.20 Å². The minimum absolute atomic E-state index is 0.284. The molecule has 0 aliphatic rings. The van der Waals surface area contributed by atoms with Crippen molar-refractivity contribution < 1.29 is 23.9 Å². The Balaban J connectivity index is 1.50.